The number of nitrogens with zero attached hydrogens (tertiary/aromatic N) is 2. The molecule has 0 spiro atoms. The van der Waals surface area contributed by atoms with Crippen molar-refractivity contribution < 1.29 is 9.53 Å². The number of amides is 1. The third-order valence-electron chi connectivity index (χ3n) is 4.05. The Kier molecular flexibility index (Phi) is 4.40. The van der Waals surface area contributed by atoms with Crippen LogP contribution >= 0.6 is 0 Å². The Bertz CT molecular complexity index is 422. The van der Waals surface area contributed by atoms with Crippen LogP contribution in [0.2, 0.25) is 0 Å². The number of pyridine rings is 1. The van der Waals surface area contributed by atoms with E-state index in [-0.39, 0.29) is 5.91 Å². The van der Waals surface area contributed by atoms with Crippen molar-refractivity contribution in [2.75, 3.05) is 14.2 Å². The molecule has 0 saturated heterocycles. The molecular formula is C15H22N2O2. The monoisotopic (exact) mass is 262 g/mol. The largest absolute Gasteiger partial charge is 0.481 e. The second-order valence-electron chi connectivity index (χ2n) is 5.42. The first-order chi connectivity index (χ1) is 9.11. The molecule has 1 aromatic heterocycles. The van der Waals surface area contributed by atoms with Crippen LogP contribution in [-0.4, -0.2) is 36.0 Å². The van der Waals surface area contributed by atoms with Crippen LogP contribution in [0.15, 0.2) is 18.3 Å². The molecule has 104 valence electrons. The van der Waals surface area contributed by atoms with E-state index >= 15 is 0 Å². The van der Waals surface area contributed by atoms with Crippen molar-refractivity contribution in [3.63, 3.8) is 0 Å². The van der Waals surface area contributed by atoms with Gasteiger partial charge in [-0.3, -0.25) is 4.79 Å². The van der Waals surface area contributed by atoms with Crippen molar-refractivity contribution in [1.29, 1.82) is 0 Å². The van der Waals surface area contributed by atoms with Gasteiger partial charge in [-0.25, -0.2) is 4.98 Å². The zero-order valence-corrected chi connectivity index (χ0v) is 11.9. The first-order valence-electron chi connectivity index (χ1n) is 6.89. The van der Waals surface area contributed by atoms with Gasteiger partial charge in [-0.15, -0.1) is 0 Å². The van der Waals surface area contributed by atoms with Crippen LogP contribution in [0.1, 0.15) is 43.0 Å². The summed E-state index contributed by atoms with van der Waals surface area (Å²) >= 11 is 0. The van der Waals surface area contributed by atoms with Gasteiger partial charge in [-0.1, -0.05) is 6.92 Å². The number of ether oxygens (including phenoxy) is 1. The highest BCUT2D eigenvalue weighted by molar-refractivity contribution is 5.94. The molecule has 1 aromatic rings. The second-order valence-corrected chi connectivity index (χ2v) is 5.42. The maximum absolute atomic E-state index is 12.4. The molecule has 4 heteroatoms. The van der Waals surface area contributed by atoms with Gasteiger partial charge >= 0.3 is 0 Å². The number of carbonyl (C=O) groups is 1. The third-order valence-corrected chi connectivity index (χ3v) is 4.05. The molecule has 0 unspecified atom stereocenters. The summed E-state index contributed by atoms with van der Waals surface area (Å²) in [5, 5.41) is 0. The Morgan fingerprint density at radius 3 is 2.53 bits per heavy atom. The molecule has 4 nitrogen and oxygen atoms in total. The van der Waals surface area contributed by atoms with Crippen molar-refractivity contribution in [2.24, 2.45) is 5.92 Å². The molecule has 1 amide bonds. The molecule has 1 heterocycles. The first kappa shape index (κ1) is 13.8. The van der Waals surface area contributed by atoms with Crippen LogP contribution in [0.4, 0.5) is 0 Å². The van der Waals surface area contributed by atoms with Crippen LogP contribution < -0.4 is 4.74 Å². The lowest BCUT2D eigenvalue weighted by atomic mass is 9.86. The van der Waals surface area contributed by atoms with Crippen LogP contribution in [0.3, 0.4) is 0 Å². The maximum atomic E-state index is 12.4. The fourth-order valence-electron chi connectivity index (χ4n) is 2.63. The van der Waals surface area contributed by atoms with E-state index in [9.17, 15) is 4.79 Å². The summed E-state index contributed by atoms with van der Waals surface area (Å²) in [5.74, 6) is 1.38. The van der Waals surface area contributed by atoms with Gasteiger partial charge in [-0.2, -0.15) is 0 Å². The van der Waals surface area contributed by atoms with Gasteiger partial charge in [0, 0.05) is 25.4 Å². The van der Waals surface area contributed by atoms with E-state index in [0.29, 0.717) is 17.5 Å². The molecule has 0 bridgehead atoms. The van der Waals surface area contributed by atoms with Gasteiger partial charge in [0.1, 0.15) is 0 Å². The molecule has 0 N–H and O–H groups in total. The normalized spacial score (nSPS) is 22.9. The Balaban J connectivity index is 2.01. The highest BCUT2D eigenvalue weighted by Gasteiger charge is 2.25. The number of rotatable bonds is 3. The molecule has 1 saturated carbocycles. The molecule has 0 aromatic carbocycles. The summed E-state index contributed by atoms with van der Waals surface area (Å²) in [5.41, 5.74) is 0.627. The van der Waals surface area contributed by atoms with Crippen LogP contribution in [-0.2, 0) is 0 Å². The SMILES string of the molecule is COc1ccc(C(=O)N(C)C2CCC(C)CC2)cn1. The molecule has 2 rings (SSSR count). The van der Waals surface area contributed by atoms with E-state index in [2.05, 4.69) is 11.9 Å². The molecule has 1 aliphatic rings. The van der Waals surface area contributed by atoms with E-state index in [1.54, 1.807) is 25.4 Å². The van der Waals surface area contributed by atoms with Gasteiger partial charge in [0.25, 0.3) is 5.91 Å². The van der Waals surface area contributed by atoms with Crippen LogP contribution in [0.5, 0.6) is 5.88 Å². The summed E-state index contributed by atoms with van der Waals surface area (Å²) in [6, 6.07) is 3.87. The smallest absolute Gasteiger partial charge is 0.255 e. The number of carbonyl (C=O) groups excluding carboxylic acids is 1. The van der Waals surface area contributed by atoms with Crippen molar-refractivity contribution in [3.05, 3.63) is 23.9 Å². The minimum atomic E-state index is 0.0507. The minimum Gasteiger partial charge on any atom is -0.481 e. The molecular weight excluding hydrogens is 240 g/mol. The van der Waals surface area contributed by atoms with Crippen LogP contribution in [0, 0.1) is 5.92 Å². The third kappa shape index (κ3) is 3.25. The Morgan fingerprint density at radius 1 is 1.32 bits per heavy atom. The Morgan fingerprint density at radius 2 is 2.00 bits per heavy atom. The summed E-state index contributed by atoms with van der Waals surface area (Å²) in [6.45, 7) is 2.28. The lowest BCUT2D eigenvalue weighted by molar-refractivity contribution is 0.0679. The summed E-state index contributed by atoms with van der Waals surface area (Å²) < 4.78 is 5.00. The van der Waals surface area contributed by atoms with Gasteiger partial charge in [0.15, 0.2) is 0 Å². The highest BCUT2D eigenvalue weighted by Crippen LogP contribution is 2.27. The van der Waals surface area contributed by atoms with E-state index < -0.39 is 0 Å². The molecule has 0 atom stereocenters. The standard InChI is InChI=1S/C15H22N2O2/c1-11-4-7-13(8-5-11)17(2)15(18)12-6-9-14(19-3)16-10-12/h6,9-11,13H,4-5,7-8H2,1-3H3. The number of hydrogen-bond acceptors (Lipinski definition) is 3. The Labute approximate surface area is 114 Å². The predicted molar refractivity (Wildman–Crippen MR) is 74.3 cm³/mol. The van der Waals surface area contributed by atoms with Crippen molar-refractivity contribution in [1.82, 2.24) is 9.88 Å². The minimum absolute atomic E-state index is 0.0507. The first-order valence-corrected chi connectivity index (χ1v) is 6.89. The van der Waals surface area contributed by atoms with Crippen molar-refractivity contribution in [2.45, 2.75) is 38.6 Å². The van der Waals surface area contributed by atoms with E-state index in [4.69, 9.17) is 4.74 Å². The Hall–Kier alpha value is -1.58. The fourth-order valence-corrected chi connectivity index (χ4v) is 2.63. The average Bonchev–Trinajstić information content (AvgIpc) is 2.46. The summed E-state index contributed by atoms with van der Waals surface area (Å²) in [6.07, 6.45) is 6.22. The number of methoxy groups -OCH3 is 1. The fraction of sp³-hybridized carbons (Fsp3) is 0.600. The average molecular weight is 262 g/mol. The number of hydrogen-bond donors (Lipinski definition) is 0. The highest BCUT2D eigenvalue weighted by atomic mass is 16.5. The quantitative estimate of drug-likeness (QED) is 0.841. The topological polar surface area (TPSA) is 42.4 Å². The van der Waals surface area contributed by atoms with E-state index in [0.717, 1.165) is 18.8 Å². The summed E-state index contributed by atoms with van der Waals surface area (Å²) in [7, 11) is 3.46. The lowest BCUT2D eigenvalue weighted by Gasteiger charge is -2.33. The van der Waals surface area contributed by atoms with Crippen molar-refractivity contribution in [3.8, 4) is 5.88 Å². The van der Waals surface area contributed by atoms with Gasteiger partial charge in [0.05, 0.1) is 12.7 Å². The molecule has 1 fully saturated rings. The lowest BCUT2D eigenvalue weighted by Crippen LogP contribution is -2.39. The van der Waals surface area contributed by atoms with E-state index in [1.807, 2.05) is 11.9 Å². The molecule has 1 aliphatic carbocycles. The van der Waals surface area contributed by atoms with Gasteiger partial charge in [0.2, 0.25) is 5.88 Å². The predicted octanol–water partition coefficient (Wildman–Crippen LogP) is 2.74. The maximum Gasteiger partial charge on any atom is 0.255 e. The molecule has 0 radical (unpaired) electrons. The second kappa shape index (κ2) is 6.04. The number of aromatic nitrogens is 1. The molecule has 0 aliphatic heterocycles. The summed E-state index contributed by atoms with van der Waals surface area (Å²) in [4.78, 5) is 18.3. The zero-order chi connectivity index (χ0) is 13.8. The molecule has 19 heavy (non-hydrogen) atoms. The van der Waals surface area contributed by atoms with Crippen LogP contribution in [0.25, 0.3) is 0 Å². The van der Waals surface area contributed by atoms with Gasteiger partial charge < -0.3 is 9.64 Å². The van der Waals surface area contributed by atoms with Gasteiger partial charge in [-0.05, 0) is 37.7 Å². The van der Waals surface area contributed by atoms with E-state index in [1.165, 1.54) is 12.8 Å². The van der Waals surface area contributed by atoms with Crippen molar-refractivity contribution >= 4 is 5.91 Å². The zero-order valence-electron chi connectivity index (χ0n) is 11.9.